The van der Waals surface area contributed by atoms with Gasteiger partial charge in [0.15, 0.2) is 0 Å². The summed E-state index contributed by atoms with van der Waals surface area (Å²) in [5, 5.41) is 3.59. The Bertz CT molecular complexity index is 893. The summed E-state index contributed by atoms with van der Waals surface area (Å²) in [5.41, 5.74) is 10.3. The third-order valence-corrected chi connectivity index (χ3v) is 4.96. The zero-order valence-electron chi connectivity index (χ0n) is 15.9. The first-order valence-electron chi connectivity index (χ1n) is 8.59. The zero-order valence-corrected chi connectivity index (χ0v) is 15.9. The van der Waals surface area contributed by atoms with Crippen molar-refractivity contribution in [2.24, 2.45) is 0 Å². The number of benzene rings is 1. The minimum Gasteiger partial charge on any atom is -0.496 e. The minimum absolute atomic E-state index is 0.0664. The summed E-state index contributed by atoms with van der Waals surface area (Å²) in [6, 6.07) is 6.41. The van der Waals surface area contributed by atoms with Gasteiger partial charge < -0.3 is 10.1 Å². The van der Waals surface area contributed by atoms with Gasteiger partial charge in [0.1, 0.15) is 5.75 Å². The lowest BCUT2D eigenvalue weighted by atomic mass is 9.77. The highest BCUT2D eigenvalue weighted by Crippen LogP contribution is 2.48. The van der Waals surface area contributed by atoms with Crippen LogP contribution in [0.1, 0.15) is 47.7 Å². The summed E-state index contributed by atoms with van der Waals surface area (Å²) < 4.78 is 5.73. The Morgan fingerprint density at radius 3 is 2.56 bits per heavy atom. The van der Waals surface area contributed by atoms with Crippen molar-refractivity contribution in [3.8, 4) is 5.75 Å². The van der Waals surface area contributed by atoms with Crippen molar-refractivity contribution >= 4 is 5.69 Å². The van der Waals surface area contributed by atoms with E-state index in [0.29, 0.717) is 0 Å². The Hall–Kier alpha value is -2.55. The van der Waals surface area contributed by atoms with Gasteiger partial charge in [-0.25, -0.2) is 0 Å². The maximum atomic E-state index is 5.73. The van der Waals surface area contributed by atoms with E-state index >= 15 is 0 Å². The summed E-state index contributed by atoms with van der Waals surface area (Å²) in [7, 11) is 1.73. The summed E-state index contributed by atoms with van der Waals surface area (Å²) in [6.07, 6.45) is 1.93. The maximum absolute atomic E-state index is 5.73. The van der Waals surface area contributed by atoms with Gasteiger partial charge in [0.2, 0.25) is 0 Å². The zero-order chi connectivity index (χ0) is 18.3. The van der Waals surface area contributed by atoms with E-state index in [9.17, 15) is 0 Å². The van der Waals surface area contributed by atoms with Gasteiger partial charge in [-0.05, 0) is 57.4 Å². The Labute approximate surface area is 150 Å². The summed E-state index contributed by atoms with van der Waals surface area (Å²) in [5.74, 6) is 0.974. The molecule has 2 heterocycles. The number of allylic oxidation sites excluding steroid dienone is 3. The summed E-state index contributed by atoms with van der Waals surface area (Å²) >= 11 is 0. The molecule has 130 valence electrons. The molecule has 3 heteroatoms. The van der Waals surface area contributed by atoms with E-state index in [-0.39, 0.29) is 5.92 Å². The number of aryl methyl sites for hydroxylation is 3. The van der Waals surface area contributed by atoms with Crippen LogP contribution in [0.15, 0.2) is 47.8 Å². The molecule has 1 aromatic heterocycles. The molecule has 1 aromatic carbocycles. The van der Waals surface area contributed by atoms with Crippen molar-refractivity contribution in [3.63, 3.8) is 0 Å². The molecule has 0 amide bonds. The van der Waals surface area contributed by atoms with Crippen molar-refractivity contribution in [1.29, 1.82) is 0 Å². The van der Waals surface area contributed by atoms with Crippen LogP contribution in [-0.4, -0.2) is 12.1 Å². The van der Waals surface area contributed by atoms with Gasteiger partial charge in [-0.1, -0.05) is 24.3 Å². The largest absolute Gasteiger partial charge is 0.496 e. The van der Waals surface area contributed by atoms with E-state index in [1.54, 1.807) is 7.11 Å². The number of methoxy groups -OCH3 is 1. The number of nitrogens with one attached hydrogen (secondary N) is 1. The molecular weight excluding hydrogens is 308 g/mol. The average Bonchev–Trinajstić information content (AvgIpc) is 2.56. The number of hydrogen-bond donors (Lipinski definition) is 1. The van der Waals surface area contributed by atoms with E-state index in [1.807, 2.05) is 6.20 Å². The molecule has 3 rings (SSSR count). The van der Waals surface area contributed by atoms with Crippen LogP contribution in [0.25, 0.3) is 0 Å². The molecule has 0 aliphatic carbocycles. The van der Waals surface area contributed by atoms with Gasteiger partial charge in [-0.3, -0.25) is 4.98 Å². The molecule has 0 radical (unpaired) electrons. The first-order valence-corrected chi connectivity index (χ1v) is 8.59. The van der Waals surface area contributed by atoms with Crippen LogP contribution in [-0.2, 0) is 0 Å². The molecule has 0 saturated carbocycles. The van der Waals surface area contributed by atoms with Gasteiger partial charge in [0, 0.05) is 40.3 Å². The molecule has 0 saturated heterocycles. The molecule has 1 unspecified atom stereocenters. The predicted octanol–water partition coefficient (Wildman–Crippen LogP) is 5.42. The first-order chi connectivity index (χ1) is 11.8. The highest BCUT2D eigenvalue weighted by molar-refractivity contribution is 5.72. The number of rotatable bonds is 3. The van der Waals surface area contributed by atoms with E-state index in [0.717, 1.165) is 39.5 Å². The van der Waals surface area contributed by atoms with Gasteiger partial charge in [-0.15, -0.1) is 0 Å². The van der Waals surface area contributed by atoms with Gasteiger partial charge in [-0.2, -0.15) is 0 Å². The third-order valence-electron chi connectivity index (χ3n) is 4.96. The number of nitrogens with zero attached hydrogens (tertiary/aromatic N) is 1. The molecular formula is C22H26N2O. The number of pyridine rings is 1. The molecule has 0 fully saturated rings. The van der Waals surface area contributed by atoms with Crippen LogP contribution in [0, 0.1) is 20.8 Å². The smallest absolute Gasteiger partial charge is 0.123 e. The Kier molecular flexibility index (Phi) is 4.42. The fraction of sp³-hybridized carbons (Fsp3) is 0.318. The van der Waals surface area contributed by atoms with Gasteiger partial charge >= 0.3 is 0 Å². The van der Waals surface area contributed by atoms with Crippen LogP contribution in [0.4, 0.5) is 5.69 Å². The van der Waals surface area contributed by atoms with E-state index in [4.69, 9.17) is 4.74 Å². The fourth-order valence-electron chi connectivity index (χ4n) is 3.79. The molecule has 0 bridgehead atoms. The Morgan fingerprint density at radius 2 is 1.92 bits per heavy atom. The van der Waals surface area contributed by atoms with Crippen LogP contribution in [0.5, 0.6) is 5.75 Å². The quantitative estimate of drug-likeness (QED) is 0.813. The topological polar surface area (TPSA) is 34.2 Å². The second kappa shape index (κ2) is 6.40. The van der Waals surface area contributed by atoms with Crippen LogP contribution < -0.4 is 10.1 Å². The molecule has 0 spiro atoms. The molecule has 1 aliphatic rings. The van der Waals surface area contributed by atoms with Crippen LogP contribution >= 0.6 is 0 Å². The third kappa shape index (κ3) is 2.84. The minimum atomic E-state index is 0.0664. The molecule has 3 nitrogen and oxygen atoms in total. The summed E-state index contributed by atoms with van der Waals surface area (Å²) in [6.45, 7) is 14.7. The van der Waals surface area contributed by atoms with E-state index in [2.05, 4.69) is 69.7 Å². The van der Waals surface area contributed by atoms with Gasteiger partial charge in [0.25, 0.3) is 0 Å². The maximum Gasteiger partial charge on any atom is 0.123 e. The average molecular weight is 334 g/mol. The van der Waals surface area contributed by atoms with Crippen molar-refractivity contribution in [3.05, 3.63) is 75.8 Å². The molecule has 1 N–H and O–H groups in total. The SMILES string of the molecule is C=C(C)C1=C(C)Nc2c(C)cnc(C)c2C1c1ccc(C)cc1OC. The van der Waals surface area contributed by atoms with Crippen molar-refractivity contribution < 1.29 is 4.74 Å². The normalized spacial score (nSPS) is 16.3. The second-order valence-corrected chi connectivity index (χ2v) is 6.94. The highest BCUT2D eigenvalue weighted by Gasteiger charge is 2.32. The molecule has 2 aromatic rings. The lowest BCUT2D eigenvalue weighted by molar-refractivity contribution is 0.408. The molecule has 1 atom stereocenters. The standard InChI is InChI=1S/C22H26N2O/c1-12(2)19-16(6)24-22-14(4)11-23-15(5)20(22)21(19)17-9-8-13(3)10-18(17)25-7/h8-11,21,24H,1H2,2-7H3. The lowest BCUT2D eigenvalue weighted by Gasteiger charge is -2.34. The Balaban J connectivity index is 2.37. The monoisotopic (exact) mass is 334 g/mol. The number of fused-ring (bicyclic) bond motifs is 1. The Morgan fingerprint density at radius 1 is 1.20 bits per heavy atom. The lowest BCUT2D eigenvalue weighted by Crippen LogP contribution is -2.21. The number of anilines is 1. The van der Waals surface area contributed by atoms with Crippen LogP contribution in [0.3, 0.4) is 0 Å². The first kappa shape index (κ1) is 17.3. The molecule has 1 aliphatic heterocycles. The fourth-order valence-corrected chi connectivity index (χ4v) is 3.79. The van der Waals surface area contributed by atoms with Crippen molar-refractivity contribution in [2.75, 3.05) is 12.4 Å². The number of aromatic nitrogens is 1. The molecule has 25 heavy (non-hydrogen) atoms. The van der Waals surface area contributed by atoms with Crippen LogP contribution in [0.2, 0.25) is 0 Å². The van der Waals surface area contributed by atoms with Crippen molar-refractivity contribution in [2.45, 2.75) is 40.5 Å². The predicted molar refractivity (Wildman–Crippen MR) is 104 cm³/mol. The number of hydrogen-bond acceptors (Lipinski definition) is 3. The van der Waals surface area contributed by atoms with E-state index < -0.39 is 0 Å². The van der Waals surface area contributed by atoms with Crippen molar-refractivity contribution in [1.82, 2.24) is 4.98 Å². The second-order valence-electron chi connectivity index (χ2n) is 6.94. The van der Waals surface area contributed by atoms with Gasteiger partial charge in [0.05, 0.1) is 7.11 Å². The highest BCUT2D eigenvalue weighted by atomic mass is 16.5. The number of ether oxygens (including phenoxy) is 1. The van der Waals surface area contributed by atoms with E-state index in [1.165, 1.54) is 16.7 Å². The summed E-state index contributed by atoms with van der Waals surface area (Å²) in [4.78, 5) is 4.63.